The zero-order chi connectivity index (χ0) is 18.7. The lowest BCUT2D eigenvalue weighted by atomic mass is 10.2. The largest absolute Gasteiger partial charge is 0.497 e. The zero-order valence-corrected chi connectivity index (χ0v) is 18.9. The third-order valence-electron chi connectivity index (χ3n) is 4.25. The maximum Gasteiger partial charge on any atom is 0.118 e. The zero-order valence-electron chi connectivity index (χ0n) is 14.7. The van der Waals surface area contributed by atoms with Gasteiger partial charge < -0.3 is 4.74 Å². The van der Waals surface area contributed by atoms with Crippen molar-refractivity contribution in [2.75, 3.05) is 7.11 Å². The average molecular weight is 447 g/mol. The number of hydrogen-bond acceptors (Lipinski definition) is 5. The number of benzene rings is 3. The first-order valence-corrected chi connectivity index (χ1v) is 15.3. The van der Waals surface area contributed by atoms with Crippen LogP contribution in [0.15, 0.2) is 84.9 Å². The molecule has 4 rings (SSSR count). The average Bonchev–Trinajstić information content (AvgIpc) is 2.75. The van der Waals surface area contributed by atoms with E-state index in [9.17, 15) is 0 Å². The SMILES string of the molecule is COc1ccc(P2(=S)SC(c3ccccc3)SC(c3ccccc3)S2)cc1. The van der Waals surface area contributed by atoms with Crippen LogP contribution in [0.3, 0.4) is 0 Å². The topological polar surface area (TPSA) is 9.23 Å². The Hall–Kier alpha value is -0.840. The molecule has 1 heterocycles. The number of rotatable bonds is 4. The molecule has 0 saturated carbocycles. The molecule has 3 aromatic carbocycles. The van der Waals surface area contributed by atoms with Gasteiger partial charge in [0.2, 0.25) is 0 Å². The van der Waals surface area contributed by atoms with Crippen molar-refractivity contribution < 1.29 is 4.74 Å². The van der Waals surface area contributed by atoms with Gasteiger partial charge in [0.1, 0.15) is 5.75 Å². The molecule has 1 aliphatic rings. The minimum Gasteiger partial charge on any atom is -0.497 e. The molecule has 27 heavy (non-hydrogen) atoms. The molecular formula is C21H19OPS4. The smallest absolute Gasteiger partial charge is 0.118 e. The number of hydrogen-bond donors (Lipinski definition) is 0. The molecule has 1 nitrogen and oxygen atoms in total. The Kier molecular flexibility index (Phi) is 6.25. The minimum atomic E-state index is -1.85. The van der Waals surface area contributed by atoms with E-state index in [0.717, 1.165) is 5.75 Å². The van der Waals surface area contributed by atoms with Gasteiger partial charge in [-0.3, -0.25) is 0 Å². The highest BCUT2D eigenvalue weighted by Crippen LogP contribution is 2.83. The molecule has 0 aromatic heterocycles. The van der Waals surface area contributed by atoms with Crippen LogP contribution in [0.5, 0.6) is 5.75 Å². The predicted molar refractivity (Wildman–Crippen MR) is 128 cm³/mol. The van der Waals surface area contributed by atoms with Crippen molar-refractivity contribution in [3.05, 3.63) is 96.1 Å². The fraction of sp³-hybridized carbons (Fsp3) is 0.143. The summed E-state index contributed by atoms with van der Waals surface area (Å²) in [5.41, 5.74) is 2.69. The van der Waals surface area contributed by atoms with E-state index in [2.05, 4.69) is 72.8 Å². The minimum absolute atomic E-state index is 0.339. The summed E-state index contributed by atoms with van der Waals surface area (Å²) in [5.74, 6) is 0.876. The number of thioether (sulfide) groups is 1. The molecular weight excluding hydrogens is 427 g/mol. The van der Waals surface area contributed by atoms with Crippen molar-refractivity contribution in [3.8, 4) is 5.75 Å². The van der Waals surface area contributed by atoms with E-state index >= 15 is 0 Å². The lowest BCUT2D eigenvalue weighted by molar-refractivity contribution is 0.415. The Bertz CT molecular complexity index is 880. The van der Waals surface area contributed by atoms with Crippen LogP contribution in [-0.2, 0) is 11.8 Å². The predicted octanol–water partition coefficient (Wildman–Crippen LogP) is 7.24. The van der Waals surface area contributed by atoms with Crippen molar-refractivity contribution in [2.45, 2.75) is 9.16 Å². The summed E-state index contributed by atoms with van der Waals surface area (Å²) in [6.07, 6.45) is 0. The Labute approximate surface area is 178 Å². The van der Waals surface area contributed by atoms with Gasteiger partial charge in [-0.1, -0.05) is 95.2 Å². The summed E-state index contributed by atoms with van der Waals surface area (Å²) >= 11 is 12.3. The first kappa shape index (κ1) is 19.5. The molecule has 0 spiro atoms. The van der Waals surface area contributed by atoms with Crippen LogP contribution in [0.1, 0.15) is 20.3 Å². The van der Waals surface area contributed by atoms with E-state index < -0.39 is 4.44 Å². The van der Waals surface area contributed by atoms with Crippen molar-refractivity contribution in [1.82, 2.24) is 0 Å². The molecule has 0 amide bonds. The van der Waals surface area contributed by atoms with Crippen LogP contribution in [0, 0.1) is 0 Å². The van der Waals surface area contributed by atoms with E-state index in [0.29, 0.717) is 9.16 Å². The highest BCUT2D eigenvalue weighted by molar-refractivity contribution is 9.04. The van der Waals surface area contributed by atoms with Crippen LogP contribution in [-0.4, -0.2) is 7.11 Å². The Morgan fingerprint density at radius 2 is 1.22 bits per heavy atom. The van der Waals surface area contributed by atoms with Crippen molar-refractivity contribution in [1.29, 1.82) is 0 Å². The van der Waals surface area contributed by atoms with E-state index in [1.54, 1.807) is 7.11 Å². The van der Waals surface area contributed by atoms with Gasteiger partial charge in [-0.25, -0.2) is 0 Å². The first-order valence-electron chi connectivity index (χ1n) is 8.55. The third-order valence-corrected chi connectivity index (χ3v) is 17.7. The second-order valence-corrected chi connectivity index (χ2v) is 19.0. The van der Waals surface area contributed by atoms with Crippen LogP contribution in [0.2, 0.25) is 0 Å². The van der Waals surface area contributed by atoms with Crippen LogP contribution >= 0.6 is 39.0 Å². The van der Waals surface area contributed by atoms with Crippen molar-refractivity contribution in [2.24, 2.45) is 0 Å². The quantitative estimate of drug-likeness (QED) is 0.389. The highest BCUT2D eigenvalue weighted by atomic mass is 33.2. The van der Waals surface area contributed by atoms with Gasteiger partial charge >= 0.3 is 0 Å². The standard InChI is InChI=1S/C21H19OPS4/c1-22-18-12-14-19(15-13-18)23(24)26-20(16-8-4-2-5-9-16)25-21(27-23)17-10-6-3-7-11-17/h2-15,20-21H,1H3. The Morgan fingerprint density at radius 3 is 1.67 bits per heavy atom. The molecule has 1 aliphatic heterocycles. The molecule has 2 atom stereocenters. The molecule has 6 heteroatoms. The molecule has 0 radical (unpaired) electrons. The maximum atomic E-state index is 6.34. The van der Waals surface area contributed by atoms with E-state index in [1.165, 1.54) is 16.4 Å². The van der Waals surface area contributed by atoms with Gasteiger partial charge in [0.15, 0.2) is 0 Å². The summed E-state index contributed by atoms with van der Waals surface area (Å²) in [4.78, 5) is 0. The molecule has 0 bridgehead atoms. The van der Waals surface area contributed by atoms with E-state index in [1.807, 2.05) is 46.7 Å². The molecule has 0 aliphatic carbocycles. The van der Waals surface area contributed by atoms with E-state index in [4.69, 9.17) is 16.5 Å². The summed E-state index contributed by atoms with van der Waals surface area (Å²) in [5, 5.41) is 1.26. The third kappa shape index (κ3) is 4.44. The second-order valence-electron chi connectivity index (χ2n) is 6.03. The Morgan fingerprint density at radius 1 is 0.741 bits per heavy atom. The lowest BCUT2D eigenvalue weighted by Gasteiger charge is -2.36. The van der Waals surface area contributed by atoms with E-state index in [-0.39, 0.29) is 0 Å². The van der Waals surface area contributed by atoms with Gasteiger partial charge in [-0.2, -0.15) is 0 Å². The summed E-state index contributed by atoms with van der Waals surface area (Å²) in [6.45, 7) is 0. The summed E-state index contributed by atoms with van der Waals surface area (Å²) < 4.78 is 4.16. The van der Waals surface area contributed by atoms with Crippen LogP contribution < -0.4 is 10.0 Å². The van der Waals surface area contributed by atoms with Crippen molar-refractivity contribution in [3.63, 3.8) is 0 Å². The van der Waals surface area contributed by atoms with Gasteiger partial charge in [-0.05, 0) is 35.4 Å². The van der Waals surface area contributed by atoms with Gasteiger partial charge in [0.05, 0.1) is 20.7 Å². The van der Waals surface area contributed by atoms with Crippen LogP contribution in [0.25, 0.3) is 0 Å². The first-order chi connectivity index (χ1) is 13.2. The molecule has 2 unspecified atom stereocenters. The molecule has 0 N–H and O–H groups in total. The summed E-state index contributed by atoms with van der Waals surface area (Å²) in [7, 11) is 1.70. The van der Waals surface area contributed by atoms with Gasteiger partial charge in [-0.15, -0.1) is 11.8 Å². The molecule has 1 fully saturated rings. The molecule has 138 valence electrons. The lowest BCUT2D eigenvalue weighted by Crippen LogP contribution is -2.07. The van der Waals surface area contributed by atoms with Gasteiger partial charge in [0.25, 0.3) is 0 Å². The fourth-order valence-corrected chi connectivity index (χ4v) is 19.8. The monoisotopic (exact) mass is 446 g/mol. The number of methoxy groups -OCH3 is 1. The molecule has 3 aromatic rings. The van der Waals surface area contributed by atoms with Crippen molar-refractivity contribution >= 4 is 56.1 Å². The fourth-order valence-electron chi connectivity index (χ4n) is 2.82. The Balaban J connectivity index is 1.72. The molecule has 1 saturated heterocycles. The maximum absolute atomic E-state index is 6.34. The van der Waals surface area contributed by atoms with Crippen LogP contribution in [0.4, 0.5) is 0 Å². The highest BCUT2D eigenvalue weighted by Gasteiger charge is 2.38. The summed E-state index contributed by atoms with van der Waals surface area (Å²) in [6, 6.07) is 29.9. The normalized spacial score (nSPS) is 25.1. The van der Waals surface area contributed by atoms with Gasteiger partial charge in [0, 0.05) is 5.30 Å². The number of ether oxygens (including phenoxy) is 1. The second kappa shape index (κ2) is 8.67.